The lowest BCUT2D eigenvalue weighted by Gasteiger charge is -2.09. The van der Waals surface area contributed by atoms with Crippen LogP contribution in [0.3, 0.4) is 0 Å². The van der Waals surface area contributed by atoms with Crippen LogP contribution in [0.15, 0.2) is 42.7 Å². The Morgan fingerprint density at radius 1 is 1.26 bits per heavy atom. The van der Waals surface area contributed by atoms with E-state index in [1.165, 1.54) is 0 Å². The van der Waals surface area contributed by atoms with Gasteiger partial charge in [-0.2, -0.15) is 18.3 Å². The molecule has 0 unspecified atom stereocenters. The quantitative estimate of drug-likeness (QED) is 0.794. The molecule has 2 aromatic rings. The molecule has 1 aromatic heterocycles. The van der Waals surface area contributed by atoms with Crippen molar-refractivity contribution < 1.29 is 22.7 Å². The number of nitrogens with one attached hydrogen (secondary N) is 1. The third-order valence-electron chi connectivity index (χ3n) is 2.92. The number of carbonyl (C=O) groups is 1. The highest BCUT2D eigenvalue weighted by molar-refractivity contribution is 5.94. The predicted molar refractivity (Wildman–Crippen MR) is 77.0 cm³/mol. The van der Waals surface area contributed by atoms with Gasteiger partial charge in [-0.25, -0.2) is 0 Å². The summed E-state index contributed by atoms with van der Waals surface area (Å²) in [7, 11) is 0. The Bertz CT molecular complexity index is 610. The van der Waals surface area contributed by atoms with Gasteiger partial charge in [-0.3, -0.25) is 9.48 Å². The number of benzene rings is 1. The van der Waals surface area contributed by atoms with Gasteiger partial charge < -0.3 is 10.1 Å². The molecule has 0 radical (unpaired) electrons. The number of amides is 1. The maximum atomic E-state index is 11.9. The van der Waals surface area contributed by atoms with Crippen molar-refractivity contribution >= 4 is 5.91 Å². The third kappa shape index (κ3) is 6.11. The maximum Gasteiger partial charge on any atom is 0.411 e. The number of halogens is 3. The van der Waals surface area contributed by atoms with Crippen LogP contribution in [0.25, 0.3) is 0 Å². The molecule has 0 fully saturated rings. The van der Waals surface area contributed by atoms with Gasteiger partial charge in [0, 0.05) is 24.5 Å². The fourth-order valence-corrected chi connectivity index (χ4v) is 1.87. The maximum absolute atomic E-state index is 11.9. The minimum atomic E-state index is -4.35. The second-order valence-corrected chi connectivity index (χ2v) is 4.82. The molecule has 0 aliphatic rings. The average molecular weight is 327 g/mol. The predicted octanol–water partition coefficient (Wildman–Crippen LogP) is 2.24. The van der Waals surface area contributed by atoms with Gasteiger partial charge in [0.25, 0.3) is 5.91 Å². The zero-order valence-electron chi connectivity index (χ0n) is 12.2. The van der Waals surface area contributed by atoms with Crippen LogP contribution in [-0.4, -0.2) is 41.6 Å². The summed E-state index contributed by atoms with van der Waals surface area (Å²) in [6.45, 7) is -0.891. The van der Waals surface area contributed by atoms with Crippen molar-refractivity contribution in [2.75, 3.05) is 19.8 Å². The summed E-state index contributed by atoms with van der Waals surface area (Å²) in [5.74, 6) is -0.355. The van der Waals surface area contributed by atoms with E-state index >= 15 is 0 Å². The van der Waals surface area contributed by atoms with Crippen molar-refractivity contribution in [2.45, 2.75) is 12.7 Å². The molecule has 0 saturated heterocycles. The second kappa shape index (κ2) is 7.77. The Kier molecular flexibility index (Phi) is 5.75. The first kappa shape index (κ1) is 17.0. The molecule has 5 nitrogen and oxygen atoms in total. The molecule has 2 rings (SSSR count). The molecular formula is C15H16F3N3O2. The molecule has 1 N–H and O–H groups in total. The number of alkyl halides is 3. The van der Waals surface area contributed by atoms with Crippen molar-refractivity contribution in [1.82, 2.24) is 15.1 Å². The Morgan fingerprint density at radius 3 is 2.61 bits per heavy atom. The van der Waals surface area contributed by atoms with Crippen LogP contribution in [-0.2, 0) is 11.3 Å². The number of aromatic nitrogens is 2. The van der Waals surface area contributed by atoms with Gasteiger partial charge in [-0.15, -0.1) is 0 Å². The zero-order valence-corrected chi connectivity index (χ0v) is 12.2. The summed E-state index contributed by atoms with van der Waals surface area (Å²) < 4.78 is 41.8. The van der Waals surface area contributed by atoms with E-state index in [0.717, 1.165) is 5.56 Å². The first-order valence-corrected chi connectivity index (χ1v) is 6.93. The number of hydrogen-bond donors (Lipinski definition) is 1. The molecule has 0 aliphatic carbocycles. The van der Waals surface area contributed by atoms with Crippen molar-refractivity contribution in [3.05, 3.63) is 53.9 Å². The molecule has 23 heavy (non-hydrogen) atoms. The van der Waals surface area contributed by atoms with Gasteiger partial charge >= 0.3 is 6.18 Å². The summed E-state index contributed by atoms with van der Waals surface area (Å²) >= 11 is 0. The number of ether oxygens (including phenoxy) is 1. The summed E-state index contributed by atoms with van der Waals surface area (Å²) in [4.78, 5) is 11.8. The van der Waals surface area contributed by atoms with Crippen LogP contribution in [0.1, 0.15) is 15.9 Å². The van der Waals surface area contributed by atoms with E-state index in [9.17, 15) is 18.0 Å². The van der Waals surface area contributed by atoms with Crippen LogP contribution in [0.5, 0.6) is 0 Å². The standard InChI is InChI=1S/C15H16F3N3O2/c16-15(17,18)11-23-9-7-19-14(22)13-4-2-12(3-5-13)10-21-8-1-6-20-21/h1-6,8H,7,9-11H2,(H,19,22). The van der Waals surface area contributed by atoms with E-state index < -0.39 is 12.8 Å². The minimum absolute atomic E-state index is 0.0178. The summed E-state index contributed by atoms with van der Waals surface area (Å²) in [6, 6.07) is 8.74. The Hall–Kier alpha value is -2.35. The monoisotopic (exact) mass is 327 g/mol. The summed E-state index contributed by atoms with van der Waals surface area (Å²) in [5, 5.41) is 6.59. The van der Waals surface area contributed by atoms with Crippen LogP contribution in [0.2, 0.25) is 0 Å². The zero-order chi connectivity index (χ0) is 16.7. The Balaban J connectivity index is 1.74. The minimum Gasteiger partial charge on any atom is -0.370 e. The highest BCUT2D eigenvalue weighted by Crippen LogP contribution is 2.14. The molecular weight excluding hydrogens is 311 g/mol. The van der Waals surface area contributed by atoms with E-state index in [1.54, 1.807) is 35.1 Å². The van der Waals surface area contributed by atoms with Crippen molar-refractivity contribution in [2.24, 2.45) is 0 Å². The fraction of sp³-hybridized carbons (Fsp3) is 0.333. The van der Waals surface area contributed by atoms with Crippen LogP contribution < -0.4 is 5.32 Å². The van der Waals surface area contributed by atoms with E-state index in [0.29, 0.717) is 12.1 Å². The molecule has 124 valence electrons. The Morgan fingerprint density at radius 2 is 2.00 bits per heavy atom. The van der Waals surface area contributed by atoms with Gasteiger partial charge in [-0.05, 0) is 23.8 Å². The van der Waals surface area contributed by atoms with Gasteiger partial charge in [0.05, 0.1) is 13.2 Å². The smallest absolute Gasteiger partial charge is 0.370 e. The molecule has 0 aliphatic heterocycles. The molecule has 8 heteroatoms. The number of hydrogen-bond acceptors (Lipinski definition) is 3. The van der Waals surface area contributed by atoms with Crippen molar-refractivity contribution in [3.8, 4) is 0 Å². The van der Waals surface area contributed by atoms with Crippen LogP contribution in [0, 0.1) is 0 Å². The second-order valence-electron chi connectivity index (χ2n) is 4.82. The summed E-state index contributed by atoms with van der Waals surface area (Å²) in [5.41, 5.74) is 1.42. The van der Waals surface area contributed by atoms with E-state index in [4.69, 9.17) is 0 Å². The average Bonchev–Trinajstić information content (AvgIpc) is 2.99. The van der Waals surface area contributed by atoms with Crippen molar-refractivity contribution in [3.63, 3.8) is 0 Å². The largest absolute Gasteiger partial charge is 0.411 e. The molecule has 0 spiro atoms. The van der Waals surface area contributed by atoms with Crippen LogP contribution >= 0.6 is 0 Å². The van der Waals surface area contributed by atoms with E-state index in [1.807, 2.05) is 12.3 Å². The number of rotatable bonds is 7. The SMILES string of the molecule is O=C(NCCOCC(F)(F)F)c1ccc(Cn2cccn2)cc1. The van der Waals surface area contributed by atoms with Gasteiger partial charge in [0.2, 0.25) is 0 Å². The number of carbonyl (C=O) groups excluding carboxylic acids is 1. The van der Waals surface area contributed by atoms with E-state index in [2.05, 4.69) is 15.2 Å². The summed E-state index contributed by atoms with van der Waals surface area (Å²) in [6.07, 6.45) is -0.835. The van der Waals surface area contributed by atoms with E-state index in [-0.39, 0.29) is 19.1 Å². The van der Waals surface area contributed by atoms with Gasteiger partial charge in [-0.1, -0.05) is 12.1 Å². The normalized spacial score (nSPS) is 11.4. The van der Waals surface area contributed by atoms with Gasteiger partial charge in [0.15, 0.2) is 0 Å². The molecule has 1 aromatic carbocycles. The molecule has 0 saturated carbocycles. The highest BCUT2D eigenvalue weighted by Gasteiger charge is 2.27. The first-order valence-electron chi connectivity index (χ1n) is 6.93. The third-order valence-corrected chi connectivity index (χ3v) is 2.92. The Labute approximate surface area is 131 Å². The molecule has 0 atom stereocenters. The molecule has 1 heterocycles. The van der Waals surface area contributed by atoms with Crippen molar-refractivity contribution in [1.29, 1.82) is 0 Å². The van der Waals surface area contributed by atoms with Crippen LogP contribution in [0.4, 0.5) is 13.2 Å². The molecule has 1 amide bonds. The lowest BCUT2D eigenvalue weighted by molar-refractivity contribution is -0.173. The fourth-order valence-electron chi connectivity index (χ4n) is 1.87. The highest BCUT2D eigenvalue weighted by atomic mass is 19.4. The molecule has 0 bridgehead atoms. The number of nitrogens with zero attached hydrogens (tertiary/aromatic N) is 2. The van der Waals surface area contributed by atoms with Gasteiger partial charge in [0.1, 0.15) is 6.61 Å². The lowest BCUT2D eigenvalue weighted by atomic mass is 10.1. The topological polar surface area (TPSA) is 56.1 Å². The first-order chi connectivity index (χ1) is 10.9. The lowest BCUT2D eigenvalue weighted by Crippen LogP contribution is -2.28.